The number of sulfonamides is 1. The maximum atomic E-state index is 12.5. The molecule has 1 aliphatic rings. The molecule has 1 aromatic carbocycles. The fourth-order valence-corrected chi connectivity index (χ4v) is 4.08. The Labute approximate surface area is 118 Å². The SMILES string of the molecule is COC(=O)c1cccc(S(=O)(=O)N2CCC[C@H]2CO)c1. The summed E-state index contributed by atoms with van der Waals surface area (Å²) in [5.41, 5.74) is 0.188. The van der Waals surface area contributed by atoms with Crippen LogP contribution in [0.15, 0.2) is 29.2 Å². The van der Waals surface area contributed by atoms with E-state index in [-0.39, 0.29) is 23.1 Å². The lowest BCUT2D eigenvalue weighted by Crippen LogP contribution is -2.37. The van der Waals surface area contributed by atoms with E-state index in [1.165, 1.54) is 35.7 Å². The zero-order valence-electron chi connectivity index (χ0n) is 11.2. The largest absolute Gasteiger partial charge is 0.465 e. The molecule has 0 radical (unpaired) electrons. The lowest BCUT2D eigenvalue weighted by Gasteiger charge is -2.22. The van der Waals surface area contributed by atoms with Crippen LogP contribution in [-0.2, 0) is 14.8 Å². The van der Waals surface area contributed by atoms with Crippen LogP contribution in [-0.4, -0.2) is 50.1 Å². The van der Waals surface area contributed by atoms with Gasteiger partial charge in [0.15, 0.2) is 0 Å². The van der Waals surface area contributed by atoms with Gasteiger partial charge in [0, 0.05) is 12.6 Å². The second kappa shape index (κ2) is 5.90. The van der Waals surface area contributed by atoms with Gasteiger partial charge in [0.25, 0.3) is 0 Å². The lowest BCUT2D eigenvalue weighted by atomic mass is 10.2. The van der Waals surface area contributed by atoms with Crippen LogP contribution in [0.4, 0.5) is 0 Å². The van der Waals surface area contributed by atoms with Crippen molar-refractivity contribution < 1.29 is 23.1 Å². The van der Waals surface area contributed by atoms with Crippen molar-refractivity contribution in [2.45, 2.75) is 23.8 Å². The molecule has 0 aliphatic carbocycles. The molecule has 2 rings (SSSR count). The van der Waals surface area contributed by atoms with Gasteiger partial charge < -0.3 is 9.84 Å². The van der Waals surface area contributed by atoms with Gasteiger partial charge >= 0.3 is 5.97 Å². The van der Waals surface area contributed by atoms with Gasteiger partial charge in [-0.3, -0.25) is 0 Å². The van der Waals surface area contributed by atoms with E-state index < -0.39 is 16.0 Å². The Bertz CT molecular complexity index is 599. The van der Waals surface area contributed by atoms with Crippen molar-refractivity contribution in [1.82, 2.24) is 4.31 Å². The van der Waals surface area contributed by atoms with E-state index in [0.717, 1.165) is 6.42 Å². The molecule has 1 saturated heterocycles. The number of rotatable bonds is 4. The molecule has 0 saturated carbocycles. The smallest absolute Gasteiger partial charge is 0.337 e. The van der Waals surface area contributed by atoms with Crippen molar-refractivity contribution in [2.24, 2.45) is 0 Å². The van der Waals surface area contributed by atoms with Gasteiger partial charge in [-0.15, -0.1) is 0 Å². The molecule has 1 heterocycles. The first kappa shape index (κ1) is 15.0. The highest BCUT2D eigenvalue weighted by Gasteiger charge is 2.35. The van der Waals surface area contributed by atoms with E-state index in [9.17, 15) is 18.3 Å². The van der Waals surface area contributed by atoms with E-state index in [1.807, 2.05) is 0 Å². The van der Waals surface area contributed by atoms with Gasteiger partial charge in [0.05, 0.1) is 24.2 Å². The lowest BCUT2D eigenvalue weighted by molar-refractivity contribution is 0.0600. The first-order valence-corrected chi connectivity index (χ1v) is 7.76. The summed E-state index contributed by atoms with van der Waals surface area (Å²) in [4.78, 5) is 11.5. The summed E-state index contributed by atoms with van der Waals surface area (Å²) < 4.78 is 30.9. The van der Waals surface area contributed by atoms with Crippen molar-refractivity contribution in [3.05, 3.63) is 29.8 Å². The second-order valence-electron chi connectivity index (χ2n) is 4.61. The van der Waals surface area contributed by atoms with Crippen LogP contribution < -0.4 is 0 Å². The number of aliphatic hydroxyl groups excluding tert-OH is 1. The third kappa shape index (κ3) is 2.70. The zero-order chi connectivity index (χ0) is 14.8. The van der Waals surface area contributed by atoms with E-state index in [0.29, 0.717) is 13.0 Å². The highest BCUT2D eigenvalue weighted by Crippen LogP contribution is 2.26. The van der Waals surface area contributed by atoms with Crippen LogP contribution in [0.3, 0.4) is 0 Å². The summed E-state index contributed by atoms with van der Waals surface area (Å²) in [6, 6.07) is 5.35. The number of esters is 1. The molecule has 1 aliphatic heterocycles. The third-order valence-corrected chi connectivity index (χ3v) is 5.34. The van der Waals surface area contributed by atoms with E-state index in [1.54, 1.807) is 0 Å². The molecule has 1 N–H and O–H groups in total. The van der Waals surface area contributed by atoms with Gasteiger partial charge in [-0.25, -0.2) is 13.2 Å². The predicted molar refractivity (Wildman–Crippen MR) is 71.8 cm³/mol. The second-order valence-corrected chi connectivity index (χ2v) is 6.50. The molecule has 0 aromatic heterocycles. The molecule has 1 atom stereocenters. The number of methoxy groups -OCH3 is 1. The average molecular weight is 299 g/mol. The zero-order valence-corrected chi connectivity index (χ0v) is 12.0. The van der Waals surface area contributed by atoms with E-state index in [4.69, 9.17) is 0 Å². The number of hydrogen-bond donors (Lipinski definition) is 1. The molecule has 0 bridgehead atoms. The predicted octanol–water partition coefficient (Wildman–Crippen LogP) is 0.619. The monoisotopic (exact) mass is 299 g/mol. The molecular weight excluding hydrogens is 282 g/mol. The number of benzene rings is 1. The van der Waals surface area contributed by atoms with Gasteiger partial charge in [0.1, 0.15) is 0 Å². The quantitative estimate of drug-likeness (QED) is 0.824. The molecule has 0 spiro atoms. The van der Waals surface area contributed by atoms with Gasteiger partial charge in [0.2, 0.25) is 10.0 Å². The number of hydrogen-bond acceptors (Lipinski definition) is 5. The normalized spacial score (nSPS) is 20.0. The maximum Gasteiger partial charge on any atom is 0.337 e. The number of nitrogens with zero attached hydrogens (tertiary/aromatic N) is 1. The minimum atomic E-state index is -3.70. The van der Waals surface area contributed by atoms with Crippen LogP contribution in [0.1, 0.15) is 23.2 Å². The number of carbonyl (C=O) groups is 1. The first-order valence-electron chi connectivity index (χ1n) is 6.32. The molecule has 7 heteroatoms. The molecule has 110 valence electrons. The van der Waals surface area contributed by atoms with Gasteiger partial charge in [-0.05, 0) is 31.0 Å². The molecule has 1 aromatic rings. The Morgan fingerprint density at radius 1 is 1.50 bits per heavy atom. The molecule has 1 fully saturated rings. The number of aliphatic hydroxyl groups is 1. The summed E-state index contributed by atoms with van der Waals surface area (Å²) in [5, 5.41) is 9.25. The fraction of sp³-hybridized carbons (Fsp3) is 0.462. The van der Waals surface area contributed by atoms with E-state index >= 15 is 0 Å². The van der Waals surface area contributed by atoms with Crippen LogP contribution in [0, 0.1) is 0 Å². The van der Waals surface area contributed by atoms with Gasteiger partial charge in [-0.1, -0.05) is 6.07 Å². The van der Waals surface area contributed by atoms with Crippen molar-refractivity contribution >= 4 is 16.0 Å². The Morgan fingerprint density at radius 2 is 2.25 bits per heavy atom. The molecule has 0 amide bonds. The molecule has 0 unspecified atom stereocenters. The summed E-state index contributed by atoms with van der Waals surface area (Å²) in [7, 11) is -2.46. The Balaban J connectivity index is 2.37. The van der Waals surface area contributed by atoms with Crippen molar-refractivity contribution in [3.63, 3.8) is 0 Å². The average Bonchev–Trinajstić information content (AvgIpc) is 2.95. The first-order chi connectivity index (χ1) is 9.50. The fourth-order valence-electron chi connectivity index (χ4n) is 2.34. The Morgan fingerprint density at radius 3 is 2.90 bits per heavy atom. The molecule has 20 heavy (non-hydrogen) atoms. The van der Waals surface area contributed by atoms with E-state index in [2.05, 4.69) is 4.74 Å². The Hall–Kier alpha value is -1.44. The van der Waals surface area contributed by atoms with Crippen molar-refractivity contribution in [3.8, 4) is 0 Å². The molecular formula is C13H17NO5S. The number of carbonyl (C=O) groups excluding carboxylic acids is 1. The van der Waals surface area contributed by atoms with Crippen LogP contribution >= 0.6 is 0 Å². The minimum absolute atomic E-state index is 0.0424. The van der Waals surface area contributed by atoms with Crippen molar-refractivity contribution in [2.75, 3.05) is 20.3 Å². The summed E-state index contributed by atoms with van der Waals surface area (Å²) in [5.74, 6) is -0.581. The van der Waals surface area contributed by atoms with Crippen LogP contribution in [0.25, 0.3) is 0 Å². The maximum absolute atomic E-state index is 12.5. The highest BCUT2D eigenvalue weighted by atomic mass is 32.2. The Kier molecular flexibility index (Phi) is 4.42. The third-order valence-electron chi connectivity index (χ3n) is 3.40. The summed E-state index contributed by atoms with van der Waals surface area (Å²) in [6.07, 6.45) is 1.37. The summed E-state index contributed by atoms with van der Waals surface area (Å²) in [6.45, 7) is 0.186. The molecule has 6 nitrogen and oxygen atoms in total. The van der Waals surface area contributed by atoms with Crippen LogP contribution in [0.5, 0.6) is 0 Å². The van der Waals surface area contributed by atoms with Crippen molar-refractivity contribution in [1.29, 1.82) is 0 Å². The summed E-state index contributed by atoms with van der Waals surface area (Å²) >= 11 is 0. The van der Waals surface area contributed by atoms with Crippen LogP contribution in [0.2, 0.25) is 0 Å². The standard InChI is InChI=1S/C13H17NO5S/c1-19-13(16)10-4-2-6-12(8-10)20(17,18)14-7-3-5-11(14)9-15/h2,4,6,8,11,15H,3,5,7,9H2,1H3/t11-/m0/s1. The topological polar surface area (TPSA) is 83.9 Å². The number of ether oxygens (including phenoxy) is 1. The highest BCUT2D eigenvalue weighted by molar-refractivity contribution is 7.89. The minimum Gasteiger partial charge on any atom is -0.465 e. The van der Waals surface area contributed by atoms with Gasteiger partial charge in [-0.2, -0.15) is 4.31 Å².